The predicted octanol–water partition coefficient (Wildman–Crippen LogP) is 4.23. The van der Waals surface area contributed by atoms with Crippen LogP contribution in [0.5, 0.6) is 0 Å². The third kappa shape index (κ3) is 8.64. The Morgan fingerprint density at radius 3 is 2.58 bits per heavy atom. The summed E-state index contributed by atoms with van der Waals surface area (Å²) in [4.78, 5) is 40.7. The summed E-state index contributed by atoms with van der Waals surface area (Å²) in [6.07, 6.45) is 1.17. The van der Waals surface area contributed by atoms with Gasteiger partial charge < -0.3 is 14.4 Å². The molecule has 0 saturated carbocycles. The van der Waals surface area contributed by atoms with E-state index in [9.17, 15) is 14.4 Å². The fourth-order valence-electron chi connectivity index (χ4n) is 4.01. The van der Waals surface area contributed by atoms with Crippen molar-refractivity contribution < 1.29 is 23.9 Å². The number of rotatable bonds is 10. The lowest BCUT2D eigenvalue weighted by molar-refractivity contribution is -0.159. The van der Waals surface area contributed by atoms with Crippen molar-refractivity contribution in [2.45, 2.75) is 63.5 Å². The van der Waals surface area contributed by atoms with Gasteiger partial charge in [0.25, 0.3) is 0 Å². The van der Waals surface area contributed by atoms with Gasteiger partial charge in [-0.25, -0.2) is 0 Å². The average Bonchev–Trinajstić information content (AvgIpc) is 3.31. The van der Waals surface area contributed by atoms with Gasteiger partial charge in [-0.1, -0.05) is 30.3 Å². The first kappa shape index (κ1) is 28.2. The molecule has 1 aliphatic rings. The van der Waals surface area contributed by atoms with Gasteiger partial charge in [0.05, 0.1) is 12.6 Å². The van der Waals surface area contributed by atoms with Crippen LogP contribution in [-0.4, -0.2) is 65.9 Å². The summed E-state index contributed by atoms with van der Waals surface area (Å²) in [7, 11) is 0. The van der Waals surface area contributed by atoms with Gasteiger partial charge >= 0.3 is 11.9 Å². The zero-order valence-corrected chi connectivity index (χ0v) is 23.0. The third-order valence-electron chi connectivity index (χ3n) is 5.65. The van der Waals surface area contributed by atoms with Crippen molar-refractivity contribution >= 4 is 40.9 Å². The van der Waals surface area contributed by atoms with Crippen molar-refractivity contribution in [3.63, 3.8) is 0 Å². The summed E-state index contributed by atoms with van der Waals surface area (Å²) >= 11 is 3.26. The topological polar surface area (TPSA) is 84.9 Å². The Kier molecular flexibility index (Phi) is 10.4. The molecular weight excluding hydrogens is 496 g/mol. The molecule has 2 heterocycles. The van der Waals surface area contributed by atoms with Gasteiger partial charge in [-0.15, -0.1) is 11.8 Å². The van der Waals surface area contributed by atoms with E-state index in [4.69, 9.17) is 9.47 Å². The van der Waals surface area contributed by atoms with E-state index in [1.165, 1.54) is 0 Å². The predicted molar refractivity (Wildman–Crippen MR) is 144 cm³/mol. The van der Waals surface area contributed by atoms with Crippen molar-refractivity contribution in [2.75, 3.05) is 25.4 Å². The van der Waals surface area contributed by atoms with E-state index in [1.54, 1.807) is 55.7 Å². The molecule has 1 aliphatic heterocycles. The maximum absolute atomic E-state index is 13.6. The molecule has 196 valence electrons. The number of aryl methyl sites for hydroxylation is 1. The van der Waals surface area contributed by atoms with Gasteiger partial charge in [0, 0.05) is 17.5 Å². The van der Waals surface area contributed by atoms with Gasteiger partial charge in [0.2, 0.25) is 5.91 Å². The quantitative estimate of drug-likeness (QED) is 0.459. The molecule has 2 aromatic rings. The molecule has 0 spiro atoms. The molecule has 1 amide bonds. The fourth-order valence-corrected chi connectivity index (χ4v) is 6.10. The number of thiophene rings is 1. The van der Waals surface area contributed by atoms with Crippen molar-refractivity contribution in [3.8, 4) is 0 Å². The maximum Gasteiger partial charge on any atom is 0.326 e. The Balaban J connectivity index is 1.78. The number of carbonyl (C=O) groups excluding carboxylic acids is 3. The first-order chi connectivity index (χ1) is 17.2. The number of carbonyl (C=O) groups is 3. The number of hydrogen-bond acceptors (Lipinski definition) is 8. The number of esters is 2. The van der Waals surface area contributed by atoms with Crippen molar-refractivity contribution in [1.82, 2.24) is 10.2 Å². The summed E-state index contributed by atoms with van der Waals surface area (Å²) in [5, 5.41) is 7.39. The molecule has 1 N–H and O–H groups in total. The highest BCUT2D eigenvalue weighted by Crippen LogP contribution is 2.34. The SMILES string of the molecule is CCOC(=O)[C@H](CCc1ccccc1)N[C@H]1CS[C@@H](c2ccsc2)CN(CC(=O)OC(C)(C)C)C1=O. The van der Waals surface area contributed by atoms with Gasteiger partial charge in [0.1, 0.15) is 18.2 Å². The van der Waals surface area contributed by atoms with Crippen molar-refractivity contribution in [3.05, 3.63) is 58.3 Å². The van der Waals surface area contributed by atoms with Crippen LogP contribution in [0.25, 0.3) is 0 Å². The third-order valence-corrected chi connectivity index (χ3v) is 7.70. The Morgan fingerprint density at radius 1 is 1.19 bits per heavy atom. The minimum atomic E-state index is -0.641. The molecular formula is C27H36N2O5S2. The highest BCUT2D eigenvalue weighted by Gasteiger charge is 2.36. The molecule has 1 aromatic carbocycles. The average molecular weight is 533 g/mol. The lowest BCUT2D eigenvalue weighted by atomic mass is 10.0. The molecule has 0 unspecified atom stereocenters. The van der Waals surface area contributed by atoms with Crippen LogP contribution in [0.1, 0.15) is 50.5 Å². The normalized spacial score (nSPS) is 19.4. The van der Waals surface area contributed by atoms with Crippen LogP contribution in [0.2, 0.25) is 0 Å². The Hall–Kier alpha value is -2.36. The zero-order chi connectivity index (χ0) is 26.1. The molecule has 0 aliphatic carbocycles. The van der Waals surface area contributed by atoms with E-state index in [1.807, 2.05) is 41.8 Å². The monoisotopic (exact) mass is 532 g/mol. The number of nitrogens with one attached hydrogen (secondary N) is 1. The second-order valence-electron chi connectivity index (χ2n) is 9.73. The standard InChI is InChI=1S/C27H36N2O5S2/c1-5-33-26(32)21(12-11-19-9-7-6-8-10-19)28-22-18-36-23(20-13-14-35-17-20)15-29(25(22)31)16-24(30)34-27(2,3)4/h6-10,13-14,17,21-23,28H,5,11-12,15-16,18H2,1-4H3/t21-,22-,23+/m0/s1. The zero-order valence-electron chi connectivity index (χ0n) is 21.4. The number of thioether (sulfide) groups is 1. The van der Waals surface area contributed by atoms with E-state index < -0.39 is 23.7 Å². The maximum atomic E-state index is 13.6. The largest absolute Gasteiger partial charge is 0.465 e. The molecule has 1 saturated heterocycles. The second kappa shape index (κ2) is 13.3. The van der Waals surface area contributed by atoms with E-state index >= 15 is 0 Å². The lowest BCUT2D eigenvalue weighted by Gasteiger charge is -2.28. The summed E-state index contributed by atoms with van der Waals surface area (Å²) in [6.45, 7) is 7.71. The van der Waals surface area contributed by atoms with Gasteiger partial charge in [-0.2, -0.15) is 11.3 Å². The summed E-state index contributed by atoms with van der Waals surface area (Å²) in [5.74, 6) is -0.550. The van der Waals surface area contributed by atoms with Crippen molar-refractivity contribution in [1.29, 1.82) is 0 Å². The number of hydrogen-bond donors (Lipinski definition) is 1. The summed E-state index contributed by atoms with van der Waals surface area (Å²) in [5.41, 5.74) is 1.59. The Bertz CT molecular complexity index is 991. The highest BCUT2D eigenvalue weighted by molar-refractivity contribution is 7.99. The van der Waals surface area contributed by atoms with Crippen molar-refractivity contribution in [2.24, 2.45) is 0 Å². The van der Waals surface area contributed by atoms with Crippen LogP contribution >= 0.6 is 23.1 Å². The fraction of sp³-hybridized carbons (Fsp3) is 0.519. The molecule has 36 heavy (non-hydrogen) atoms. The van der Waals surface area contributed by atoms with Crippen LogP contribution in [-0.2, 0) is 30.3 Å². The number of amides is 1. The highest BCUT2D eigenvalue weighted by atomic mass is 32.2. The molecule has 0 radical (unpaired) electrons. The molecule has 1 fully saturated rings. The van der Waals surface area contributed by atoms with E-state index in [0.717, 1.165) is 11.1 Å². The summed E-state index contributed by atoms with van der Waals surface area (Å²) in [6, 6.07) is 10.7. The molecule has 3 atom stereocenters. The smallest absolute Gasteiger partial charge is 0.326 e. The number of nitrogens with zero attached hydrogens (tertiary/aromatic N) is 1. The molecule has 0 bridgehead atoms. The molecule has 7 nitrogen and oxygen atoms in total. The van der Waals surface area contributed by atoms with Crippen LogP contribution in [0.15, 0.2) is 47.2 Å². The summed E-state index contributed by atoms with van der Waals surface area (Å²) < 4.78 is 10.8. The van der Waals surface area contributed by atoms with Gasteiger partial charge in [-0.05, 0) is 68.5 Å². The van der Waals surface area contributed by atoms with E-state index in [-0.39, 0.29) is 30.3 Å². The van der Waals surface area contributed by atoms with Crippen LogP contribution in [0.3, 0.4) is 0 Å². The van der Waals surface area contributed by atoms with Crippen LogP contribution in [0, 0.1) is 0 Å². The van der Waals surface area contributed by atoms with Gasteiger partial charge in [-0.3, -0.25) is 19.7 Å². The number of ether oxygens (including phenoxy) is 2. The van der Waals surface area contributed by atoms with Gasteiger partial charge in [0.15, 0.2) is 0 Å². The van der Waals surface area contributed by atoms with E-state index in [0.29, 0.717) is 25.1 Å². The first-order valence-corrected chi connectivity index (χ1v) is 14.3. The molecule has 9 heteroatoms. The second-order valence-corrected chi connectivity index (χ2v) is 11.7. The molecule has 3 rings (SSSR count). The first-order valence-electron chi connectivity index (χ1n) is 12.3. The Labute approximate surface area is 221 Å². The number of benzene rings is 1. The van der Waals surface area contributed by atoms with Crippen LogP contribution in [0.4, 0.5) is 0 Å². The van der Waals surface area contributed by atoms with Crippen LogP contribution < -0.4 is 5.32 Å². The minimum Gasteiger partial charge on any atom is -0.465 e. The molecule has 1 aromatic heterocycles. The lowest BCUT2D eigenvalue weighted by Crippen LogP contribution is -2.54. The van der Waals surface area contributed by atoms with E-state index in [2.05, 4.69) is 10.7 Å². The minimum absolute atomic E-state index is 0.0276. The Morgan fingerprint density at radius 2 is 1.94 bits per heavy atom.